The highest BCUT2D eigenvalue weighted by Gasteiger charge is 2.14. The molecule has 1 amide bonds. The summed E-state index contributed by atoms with van der Waals surface area (Å²) in [5, 5.41) is 6.15. The van der Waals surface area contributed by atoms with Crippen LogP contribution < -0.4 is 10.6 Å². The molecule has 0 atom stereocenters. The average molecular weight is 390 g/mol. The van der Waals surface area contributed by atoms with Crippen molar-refractivity contribution in [2.75, 3.05) is 39.3 Å². The normalized spacial score (nSPS) is 14.4. The van der Waals surface area contributed by atoms with Crippen molar-refractivity contribution in [1.29, 1.82) is 0 Å². The number of hydrogen-bond acceptors (Lipinski definition) is 5. The van der Waals surface area contributed by atoms with Crippen LogP contribution >= 0.6 is 24.8 Å². The molecule has 0 unspecified atom stereocenters. The van der Waals surface area contributed by atoms with Gasteiger partial charge in [-0.05, 0) is 19.0 Å². The summed E-state index contributed by atoms with van der Waals surface area (Å²) >= 11 is 0. The number of nitrogens with zero attached hydrogens (tertiary/aromatic N) is 3. The number of carbonyl (C=O) groups is 1. The molecule has 1 aromatic carbocycles. The first kappa shape index (κ1) is 21.5. The van der Waals surface area contributed by atoms with Crippen LogP contribution in [0.25, 0.3) is 11.0 Å². The molecule has 2 N–H and O–H groups in total. The van der Waals surface area contributed by atoms with Crippen LogP contribution in [-0.2, 0) is 0 Å². The van der Waals surface area contributed by atoms with Gasteiger partial charge in [0.05, 0.1) is 11.1 Å². The fraction of sp³-hybridized carbons (Fsp3) is 0.438. The fourth-order valence-electron chi connectivity index (χ4n) is 2.75. The maximum absolute atomic E-state index is 13.6. The Morgan fingerprint density at radius 3 is 2.68 bits per heavy atom. The van der Waals surface area contributed by atoms with E-state index in [0.717, 1.165) is 39.1 Å². The Morgan fingerprint density at radius 2 is 1.92 bits per heavy atom. The molecule has 1 saturated heterocycles. The highest BCUT2D eigenvalue weighted by Crippen LogP contribution is 2.16. The SMILES string of the molecule is Cl.Cl.O=C(NCCCN1CCNCC1)c1cc(F)cc2nccnc12. The van der Waals surface area contributed by atoms with Gasteiger partial charge in [-0.2, -0.15) is 0 Å². The molecular weight excluding hydrogens is 368 g/mol. The van der Waals surface area contributed by atoms with Crippen molar-refractivity contribution in [3.05, 3.63) is 35.9 Å². The topological polar surface area (TPSA) is 70.2 Å². The van der Waals surface area contributed by atoms with Crippen LogP contribution in [0.15, 0.2) is 24.5 Å². The van der Waals surface area contributed by atoms with Crippen LogP contribution in [0.1, 0.15) is 16.8 Å². The summed E-state index contributed by atoms with van der Waals surface area (Å²) in [5.41, 5.74) is 1.04. The van der Waals surface area contributed by atoms with Gasteiger partial charge in [0.1, 0.15) is 11.3 Å². The molecule has 2 heterocycles. The Hall–Kier alpha value is -1.54. The number of aromatic nitrogens is 2. The van der Waals surface area contributed by atoms with Gasteiger partial charge in [-0.1, -0.05) is 0 Å². The molecule has 1 aliphatic heterocycles. The van der Waals surface area contributed by atoms with Gasteiger partial charge in [0, 0.05) is 51.2 Å². The third kappa shape index (κ3) is 5.74. The van der Waals surface area contributed by atoms with E-state index < -0.39 is 5.82 Å². The zero-order valence-corrected chi connectivity index (χ0v) is 15.3. The van der Waals surface area contributed by atoms with E-state index in [1.54, 1.807) is 0 Å². The van der Waals surface area contributed by atoms with Crippen molar-refractivity contribution in [3.8, 4) is 0 Å². The quantitative estimate of drug-likeness (QED) is 0.760. The van der Waals surface area contributed by atoms with Crippen LogP contribution in [0.3, 0.4) is 0 Å². The van der Waals surface area contributed by atoms with Gasteiger partial charge < -0.3 is 15.5 Å². The minimum Gasteiger partial charge on any atom is -0.352 e. The molecule has 1 aromatic heterocycles. The van der Waals surface area contributed by atoms with E-state index in [0.29, 0.717) is 17.6 Å². The number of rotatable bonds is 5. The van der Waals surface area contributed by atoms with Gasteiger partial charge in [0.2, 0.25) is 0 Å². The monoisotopic (exact) mass is 389 g/mol. The molecule has 25 heavy (non-hydrogen) atoms. The summed E-state index contributed by atoms with van der Waals surface area (Å²) in [5.74, 6) is -0.792. The minimum atomic E-state index is -0.482. The number of piperazine rings is 1. The van der Waals surface area contributed by atoms with Crippen molar-refractivity contribution in [1.82, 2.24) is 25.5 Å². The highest BCUT2D eigenvalue weighted by atomic mass is 35.5. The Labute approximate surface area is 158 Å². The molecule has 1 fully saturated rings. The van der Waals surface area contributed by atoms with Gasteiger partial charge in [-0.25, -0.2) is 4.39 Å². The standard InChI is InChI=1S/C16H20FN5O.2ClH/c17-12-10-13(15-14(11-12)19-3-4-20-15)16(23)21-2-1-7-22-8-5-18-6-9-22;;/h3-4,10-11,18H,1-2,5-9H2,(H,21,23);2*1H. The minimum absolute atomic E-state index is 0. The first-order valence-corrected chi connectivity index (χ1v) is 7.85. The number of amides is 1. The van der Waals surface area contributed by atoms with Gasteiger partial charge in [-0.15, -0.1) is 24.8 Å². The Balaban J connectivity index is 0.00000156. The van der Waals surface area contributed by atoms with Crippen LogP contribution in [0.2, 0.25) is 0 Å². The average Bonchev–Trinajstić information content (AvgIpc) is 2.58. The lowest BCUT2D eigenvalue weighted by atomic mass is 10.1. The Kier molecular flexibility index (Phi) is 8.99. The summed E-state index contributed by atoms with van der Waals surface area (Å²) in [7, 11) is 0. The van der Waals surface area contributed by atoms with Gasteiger partial charge in [0.25, 0.3) is 5.91 Å². The lowest BCUT2D eigenvalue weighted by Crippen LogP contribution is -2.44. The van der Waals surface area contributed by atoms with E-state index in [-0.39, 0.29) is 36.3 Å². The number of benzene rings is 1. The third-order valence-corrected chi connectivity index (χ3v) is 3.93. The van der Waals surface area contributed by atoms with E-state index in [4.69, 9.17) is 0 Å². The van der Waals surface area contributed by atoms with Crippen molar-refractivity contribution >= 4 is 41.8 Å². The molecule has 3 rings (SSSR count). The van der Waals surface area contributed by atoms with Crippen molar-refractivity contribution in [2.24, 2.45) is 0 Å². The second-order valence-electron chi connectivity index (χ2n) is 5.58. The lowest BCUT2D eigenvalue weighted by molar-refractivity contribution is 0.0952. The summed E-state index contributed by atoms with van der Waals surface area (Å²) in [4.78, 5) is 22.8. The van der Waals surface area contributed by atoms with Gasteiger partial charge >= 0.3 is 0 Å². The van der Waals surface area contributed by atoms with Crippen LogP contribution in [-0.4, -0.2) is 60.0 Å². The third-order valence-electron chi connectivity index (χ3n) is 3.93. The molecule has 0 bridgehead atoms. The van der Waals surface area contributed by atoms with E-state index in [9.17, 15) is 9.18 Å². The molecule has 6 nitrogen and oxygen atoms in total. The van der Waals surface area contributed by atoms with E-state index in [1.807, 2.05) is 0 Å². The molecule has 9 heteroatoms. The summed E-state index contributed by atoms with van der Waals surface area (Å²) < 4.78 is 13.6. The van der Waals surface area contributed by atoms with Crippen LogP contribution in [0.5, 0.6) is 0 Å². The zero-order valence-electron chi connectivity index (χ0n) is 13.7. The van der Waals surface area contributed by atoms with E-state index in [2.05, 4.69) is 25.5 Å². The first-order chi connectivity index (χ1) is 11.2. The molecule has 138 valence electrons. The van der Waals surface area contributed by atoms with E-state index in [1.165, 1.54) is 24.5 Å². The molecule has 0 radical (unpaired) electrons. The van der Waals surface area contributed by atoms with Crippen molar-refractivity contribution < 1.29 is 9.18 Å². The number of fused-ring (bicyclic) bond motifs is 1. The Morgan fingerprint density at radius 1 is 1.20 bits per heavy atom. The van der Waals surface area contributed by atoms with Crippen molar-refractivity contribution in [3.63, 3.8) is 0 Å². The second-order valence-corrected chi connectivity index (χ2v) is 5.58. The predicted molar refractivity (Wildman–Crippen MR) is 100 cm³/mol. The predicted octanol–water partition coefficient (Wildman–Crippen LogP) is 1.64. The maximum Gasteiger partial charge on any atom is 0.253 e. The number of carbonyl (C=O) groups excluding carboxylic acids is 1. The number of nitrogens with one attached hydrogen (secondary N) is 2. The number of halogens is 3. The summed E-state index contributed by atoms with van der Waals surface area (Å²) in [6, 6.07) is 2.49. The van der Waals surface area contributed by atoms with Gasteiger partial charge in [-0.3, -0.25) is 14.8 Å². The van der Waals surface area contributed by atoms with E-state index >= 15 is 0 Å². The first-order valence-electron chi connectivity index (χ1n) is 7.85. The molecule has 2 aromatic rings. The summed E-state index contributed by atoms with van der Waals surface area (Å²) in [6.07, 6.45) is 3.85. The fourth-order valence-corrected chi connectivity index (χ4v) is 2.75. The second kappa shape index (κ2) is 10.5. The molecule has 0 aliphatic carbocycles. The molecule has 0 spiro atoms. The molecule has 1 aliphatic rings. The maximum atomic E-state index is 13.6. The molecule has 0 saturated carbocycles. The number of hydrogen-bond donors (Lipinski definition) is 2. The highest BCUT2D eigenvalue weighted by molar-refractivity contribution is 6.04. The van der Waals surface area contributed by atoms with Gasteiger partial charge in [0.15, 0.2) is 0 Å². The lowest BCUT2D eigenvalue weighted by Gasteiger charge is -2.27. The zero-order chi connectivity index (χ0) is 16.1. The van der Waals surface area contributed by atoms with Crippen molar-refractivity contribution in [2.45, 2.75) is 6.42 Å². The van der Waals surface area contributed by atoms with Crippen LogP contribution in [0, 0.1) is 5.82 Å². The smallest absolute Gasteiger partial charge is 0.253 e. The summed E-state index contributed by atoms with van der Waals surface area (Å²) in [6.45, 7) is 5.61. The molecular formula is C16H22Cl2FN5O. The largest absolute Gasteiger partial charge is 0.352 e. The van der Waals surface area contributed by atoms with Crippen LogP contribution in [0.4, 0.5) is 4.39 Å². The Bertz CT molecular complexity index is 697.